The van der Waals surface area contributed by atoms with E-state index < -0.39 is 5.91 Å². The number of benzene rings is 1. The molecule has 0 radical (unpaired) electrons. The molecule has 1 aliphatic rings. The summed E-state index contributed by atoms with van der Waals surface area (Å²) in [7, 11) is 0. The molecule has 2 heterocycles. The smallest absolute Gasteiger partial charge is 0.246 e. The lowest BCUT2D eigenvalue weighted by atomic mass is 10.3. The maximum atomic E-state index is 13.1. The van der Waals surface area contributed by atoms with Crippen LogP contribution in [0.15, 0.2) is 18.2 Å². The van der Waals surface area contributed by atoms with Crippen molar-refractivity contribution in [1.29, 1.82) is 0 Å². The number of thiazole rings is 1. The molecule has 3 amide bonds. The predicted molar refractivity (Wildman–Crippen MR) is 74.2 cm³/mol. The van der Waals surface area contributed by atoms with Crippen LogP contribution in [0.3, 0.4) is 0 Å². The molecule has 1 aliphatic heterocycles. The van der Waals surface area contributed by atoms with Gasteiger partial charge >= 0.3 is 0 Å². The van der Waals surface area contributed by atoms with E-state index >= 15 is 0 Å². The third-order valence-corrected chi connectivity index (χ3v) is 3.99. The molecule has 2 aromatic rings. The Bertz CT molecular complexity index is 742. The average molecular weight is 307 g/mol. The third-order valence-electron chi connectivity index (χ3n) is 3.05. The largest absolute Gasteiger partial charge is 0.300 e. The Morgan fingerprint density at radius 1 is 1.33 bits per heavy atom. The van der Waals surface area contributed by atoms with Gasteiger partial charge in [0.1, 0.15) is 12.4 Å². The molecule has 0 spiro atoms. The summed E-state index contributed by atoms with van der Waals surface area (Å²) in [5, 5.41) is 2.82. The quantitative estimate of drug-likeness (QED) is 0.872. The average Bonchev–Trinajstić information content (AvgIpc) is 2.95. The number of carbonyl (C=O) groups excluding carboxylic acids is 3. The molecule has 0 saturated carbocycles. The molecule has 21 heavy (non-hydrogen) atoms. The van der Waals surface area contributed by atoms with Gasteiger partial charge in [0.05, 0.1) is 10.2 Å². The Morgan fingerprint density at radius 2 is 2.05 bits per heavy atom. The van der Waals surface area contributed by atoms with Crippen LogP contribution in [0.25, 0.3) is 10.2 Å². The molecule has 0 aliphatic carbocycles. The Hall–Kier alpha value is -2.35. The summed E-state index contributed by atoms with van der Waals surface area (Å²) in [5.41, 5.74) is 0.574. The molecule has 108 valence electrons. The van der Waals surface area contributed by atoms with Gasteiger partial charge in [-0.1, -0.05) is 11.3 Å². The summed E-state index contributed by atoms with van der Waals surface area (Å²) in [6.07, 6.45) is 0.291. The van der Waals surface area contributed by atoms with Crippen LogP contribution >= 0.6 is 11.3 Å². The van der Waals surface area contributed by atoms with E-state index in [0.29, 0.717) is 15.3 Å². The first-order chi connectivity index (χ1) is 10.0. The van der Waals surface area contributed by atoms with E-state index in [-0.39, 0.29) is 37.0 Å². The van der Waals surface area contributed by atoms with Gasteiger partial charge in [0.25, 0.3) is 0 Å². The van der Waals surface area contributed by atoms with Gasteiger partial charge in [0.15, 0.2) is 5.13 Å². The van der Waals surface area contributed by atoms with E-state index in [0.717, 1.165) is 16.2 Å². The number of hydrogen-bond acceptors (Lipinski definition) is 5. The number of nitrogens with zero attached hydrogens (tertiary/aromatic N) is 2. The summed E-state index contributed by atoms with van der Waals surface area (Å²) in [6.45, 7) is -0.318. The molecule has 0 bridgehead atoms. The van der Waals surface area contributed by atoms with E-state index in [1.165, 1.54) is 18.2 Å². The van der Waals surface area contributed by atoms with Crippen molar-refractivity contribution >= 4 is 44.4 Å². The number of amides is 3. The molecule has 1 saturated heterocycles. The van der Waals surface area contributed by atoms with Crippen molar-refractivity contribution in [3.8, 4) is 0 Å². The highest BCUT2D eigenvalue weighted by Crippen LogP contribution is 2.26. The van der Waals surface area contributed by atoms with E-state index in [4.69, 9.17) is 0 Å². The zero-order valence-corrected chi connectivity index (χ0v) is 11.6. The second-order valence-corrected chi connectivity index (χ2v) is 5.58. The molecule has 1 N–H and O–H groups in total. The van der Waals surface area contributed by atoms with E-state index in [2.05, 4.69) is 10.3 Å². The summed E-state index contributed by atoms with van der Waals surface area (Å²) < 4.78 is 13.7. The number of aromatic nitrogens is 1. The van der Waals surface area contributed by atoms with Crippen molar-refractivity contribution in [2.75, 3.05) is 11.9 Å². The van der Waals surface area contributed by atoms with Gasteiger partial charge in [-0.25, -0.2) is 9.37 Å². The molecule has 1 aromatic heterocycles. The highest BCUT2D eigenvalue weighted by Gasteiger charge is 2.30. The standard InChI is InChI=1S/C13H10FN3O3S/c14-7-1-2-8-9(5-7)21-13(15-8)16-10(18)6-17-11(19)3-4-12(17)20/h1-2,5H,3-4,6H2,(H,15,16,18). The summed E-state index contributed by atoms with van der Waals surface area (Å²) >= 11 is 1.13. The van der Waals surface area contributed by atoms with Crippen LogP contribution in [0.1, 0.15) is 12.8 Å². The lowest BCUT2D eigenvalue weighted by Crippen LogP contribution is -2.36. The molecular formula is C13H10FN3O3S. The van der Waals surface area contributed by atoms with Crippen LogP contribution in [0, 0.1) is 5.82 Å². The lowest BCUT2D eigenvalue weighted by Gasteiger charge is -2.12. The van der Waals surface area contributed by atoms with Gasteiger partial charge in [-0.15, -0.1) is 0 Å². The number of hydrogen-bond donors (Lipinski definition) is 1. The number of carbonyl (C=O) groups is 3. The van der Waals surface area contributed by atoms with Gasteiger partial charge in [0, 0.05) is 12.8 Å². The number of fused-ring (bicyclic) bond motifs is 1. The van der Waals surface area contributed by atoms with Crippen molar-refractivity contribution < 1.29 is 18.8 Å². The van der Waals surface area contributed by atoms with Gasteiger partial charge < -0.3 is 5.32 Å². The zero-order chi connectivity index (χ0) is 15.0. The predicted octanol–water partition coefficient (Wildman–Crippen LogP) is 1.52. The van der Waals surface area contributed by atoms with Crippen LogP contribution < -0.4 is 5.32 Å². The number of likely N-dealkylation sites (tertiary alicyclic amines) is 1. The van der Waals surface area contributed by atoms with Gasteiger partial charge in [-0.3, -0.25) is 19.3 Å². The van der Waals surface area contributed by atoms with Crippen LogP contribution in [-0.4, -0.2) is 34.2 Å². The minimum Gasteiger partial charge on any atom is -0.300 e. The van der Waals surface area contributed by atoms with Crippen LogP contribution in [0.4, 0.5) is 9.52 Å². The summed E-state index contributed by atoms with van der Waals surface area (Å²) in [6, 6.07) is 4.13. The van der Waals surface area contributed by atoms with Crippen molar-refractivity contribution in [1.82, 2.24) is 9.88 Å². The molecule has 6 nitrogen and oxygen atoms in total. The topological polar surface area (TPSA) is 79.4 Å². The lowest BCUT2D eigenvalue weighted by molar-refractivity contribution is -0.141. The molecule has 0 atom stereocenters. The maximum Gasteiger partial charge on any atom is 0.246 e. The normalized spacial score (nSPS) is 15.0. The number of imide groups is 1. The maximum absolute atomic E-state index is 13.1. The second kappa shape index (κ2) is 5.21. The molecular weight excluding hydrogens is 297 g/mol. The van der Waals surface area contributed by atoms with Gasteiger partial charge in [0.2, 0.25) is 17.7 Å². The number of rotatable bonds is 3. The zero-order valence-electron chi connectivity index (χ0n) is 10.8. The summed E-state index contributed by atoms with van der Waals surface area (Å²) in [5.74, 6) is -1.57. The second-order valence-electron chi connectivity index (χ2n) is 4.55. The number of anilines is 1. The Morgan fingerprint density at radius 3 is 2.76 bits per heavy atom. The minimum atomic E-state index is -0.502. The molecule has 0 unspecified atom stereocenters. The fourth-order valence-corrected chi connectivity index (χ4v) is 2.96. The minimum absolute atomic E-state index is 0.145. The third kappa shape index (κ3) is 2.75. The SMILES string of the molecule is O=C(CN1C(=O)CCC1=O)Nc1nc2ccc(F)cc2s1. The molecule has 8 heteroatoms. The first-order valence-electron chi connectivity index (χ1n) is 6.22. The Labute approximate surface area is 122 Å². The molecule has 1 aromatic carbocycles. The monoisotopic (exact) mass is 307 g/mol. The number of halogens is 1. The number of nitrogens with one attached hydrogen (secondary N) is 1. The Balaban J connectivity index is 1.71. The van der Waals surface area contributed by atoms with Crippen molar-refractivity contribution in [3.63, 3.8) is 0 Å². The van der Waals surface area contributed by atoms with Crippen molar-refractivity contribution in [2.45, 2.75) is 12.8 Å². The Kier molecular flexibility index (Phi) is 3.38. The van der Waals surface area contributed by atoms with Gasteiger partial charge in [-0.05, 0) is 18.2 Å². The van der Waals surface area contributed by atoms with E-state index in [1.807, 2.05) is 0 Å². The van der Waals surface area contributed by atoms with Crippen LogP contribution in [0.5, 0.6) is 0 Å². The van der Waals surface area contributed by atoms with Crippen molar-refractivity contribution in [3.05, 3.63) is 24.0 Å². The fourth-order valence-electron chi connectivity index (χ4n) is 2.05. The first kappa shape index (κ1) is 13.6. The van der Waals surface area contributed by atoms with Crippen LogP contribution in [-0.2, 0) is 14.4 Å². The molecule has 1 fully saturated rings. The van der Waals surface area contributed by atoms with Gasteiger partial charge in [-0.2, -0.15) is 0 Å². The summed E-state index contributed by atoms with van der Waals surface area (Å²) in [4.78, 5) is 39.8. The first-order valence-corrected chi connectivity index (χ1v) is 7.04. The van der Waals surface area contributed by atoms with E-state index in [1.54, 1.807) is 0 Å². The van der Waals surface area contributed by atoms with Crippen molar-refractivity contribution in [2.24, 2.45) is 0 Å². The highest BCUT2D eigenvalue weighted by atomic mass is 32.1. The van der Waals surface area contributed by atoms with E-state index in [9.17, 15) is 18.8 Å². The fraction of sp³-hybridized carbons (Fsp3) is 0.231. The van der Waals surface area contributed by atoms with Crippen LogP contribution in [0.2, 0.25) is 0 Å². The highest BCUT2D eigenvalue weighted by molar-refractivity contribution is 7.22. The molecule has 3 rings (SSSR count).